The number of hydrogen-bond acceptors (Lipinski definition) is 6. The van der Waals surface area contributed by atoms with E-state index in [0.717, 1.165) is 10.1 Å². The molecule has 0 saturated heterocycles. The van der Waals surface area contributed by atoms with Gasteiger partial charge in [-0.15, -0.1) is 22.7 Å². The lowest BCUT2D eigenvalue weighted by atomic mass is 10.0. The maximum absolute atomic E-state index is 12.7. The quantitative estimate of drug-likeness (QED) is 0.691. The maximum atomic E-state index is 12.7. The highest BCUT2D eigenvalue weighted by molar-refractivity contribution is 7.17. The molecule has 3 aromatic rings. The number of carbonyl (C=O) groups excluding carboxylic acids is 2. The van der Waals surface area contributed by atoms with Gasteiger partial charge in [0, 0.05) is 17.8 Å². The van der Waals surface area contributed by atoms with E-state index < -0.39 is 6.04 Å². The van der Waals surface area contributed by atoms with Crippen molar-refractivity contribution in [3.05, 3.63) is 41.0 Å². The third kappa shape index (κ3) is 4.21. The van der Waals surface area contributed by atoms with Crippen LogP contribution in [0.1, 0.15) is 30.8 Å². The summed E-state index contributed by atoms with van der Waals surface area (Å²) in [6, 6.07) is 3.16. The number of thiophene rings is 1. The van der Waals surface area contributed by atoms with E-state index in [1.165, 1.54) is 22.7 Å². The van der Waals surface area contributed by atoms with Gasteiger partial charge in [-0.3, -0.25) is 9.59 Å². The van der Waals surface area contributed by atoms with Crippen LogP contribution in [0.25, 0.3) is 10.1 Å². The molecule has 2 N–H and O–H groups in total. The summed E-state index contributed by atoms with van der Waals surface area (Å²) in [5, 5.41) is 10.8. The smallest absolute Gasteiger partial charge is 0.272 e. The number of anilines is 1. The molecule has 2 amide bonds. The van der Waals surface area contributed by atoms with Gasteiger partial charge in [0.2, 0.25) is 5.91 Å². The highest BCUT2D eigenvalue weighted by atomic mass is 32.1. The average Bonchev–Trinajstić information content (AvgIpc) is 3.24. The van der Waals surface area contributed by atoms with Crippen LogP contribution >= 0.6 is 22.7 Å². The van der Waals surface area contributed by atoms with Crippen LogP contribution in [-0.2, 0) is 4.79 Å². The van der Waals surface area contributed by atoms with Gasteiger partial charge in [-0.2, -0.15) is 0 Å². The van der Waals surface area contributed by atoms with Crippen molar-refractivity contribution in [2.24, 2.45) is 5.92 Å². The summed E-state index contributed by atoms with van der Waals surface area (Å²) < 4.78 is 0.823. The van der Waals surface area contributed by atoms with Gasteiger partial charge >= 0.3 is 0 Å². The molecule has 1 atom stereocenters. The zero-order valence-electron chi connectivity index (χ0n) is 13.9. The number of aromatic nitrogens is 2. The van der Waals surface area contributed by atoms with Gasteiger partial charge in [0.15, 0.2) is 5.13 Å². The summed E-state index contributed by atoms with van der Waals surface area (Å²) in [6.45, 7) is 4.02. The third-order valence-electron chi connectivity index (χ3n) is 3.57. The molecule has 3 rings (SSSR count). The SMILES string of the molecule is CC(C)CC(NC(=O)c1nccc2ccsc12)C(=O)Nc1nccs1. The van der Waals surface area contributed by atoms with E-state index in [0.29, 0.717) is 17.2 Å². The van der Waals surface area contributed by atoms with Crippen molar-refractivity contribution in [3.63, 3.8) is 0 Å². The Morgan fingerprint density at radius 1 is 1.12 bits per heavy atom. The minimum Gasteiger partial charge on any atom is -0.339 e. The summed E-state index contributed by atoms with van der Waals surface area (Å²) in [7, 11) is 0. The Hall–Kier alpha value is -2.32. The van der Waals surface area contributed by atoms with Gasteiger partial charge in [0.05, 0.1) is 4.70 Å². The first-order chi connectivity index (χ1) is 12.0. The summed E-state index contributed by atoms with van der Waals surface area (Å²) in [5.74, 6) is -0.360. The third-order valence-corrected chi connectivity index (χ3v) is 5.20. The maximum Gasteiger partial charge on any atom is 0.272 e. The Morgan fingerprint density at radius 3 is 2.68 bits per heavy atom. The van der Waals surface area contributed by atoms with Gasteiger partial charge in [0.25, 0.3) is 5.91 Å². The van der Waals surface area contributed by atoms with Crippen LogP contribution in [0.4, 0.5) is 5.13 Å². The van der Waals surface area contributed by atoms with Crippen LogP contribution < -0.4 is 10.6 Å². The fourth-order valence-electron chi connectivity index (χ4n) is 2.46. The number of hydrogen-bond donors (Lipinski definition) is 2. The molecule has 1 unspecified atom stereocenters. The predicted molar refractivity (Wildman–Crippen MR) is 101 cm³/mol. The number of amides is 2. The predicted octanol–water partition coefficient (Wildman–Crippen LogP) is 3.54. The summed E-state index contributed by atoms with van der Waals surface area (Å²) in [4.78, 5) is 33.5. The van der Waals surface area contributed by atoms with Crippen LogP contribution in [0, 0.1) is 5.92 Å². The molecule has 130 valence electrons. The highest BCUT2D eigenvalue weighted by Gasteiger charge is 2.24. The second-order valence-corrected chi connectivity index (χ2v) is 7.79. The Kier molecular flexibility index (Phi) is 5.40. The number of pyridine rings is 1. The Bertz CT molecular complexity index is 874. The van der Waals surface area contributed by atoms with E-state index in [1.54, 1.807) is 17.8 Å². The molecule has 0 aromatic carbocycles. The number of carbonyl (C=O) groups is 2. The normalized spacial score (nSPS) is 12.3. The van der Waals surface area contributed by atoms with Crippen LogP contribution in [-0.4, -0.2) is 27.8 Å². The Labute approximate surface area is 153 Å². The van der Waals surface area contributed by atoms with Gasteiger partial charge < -0.3 is 10.6 Å². The number of thiazole rings is 1. The van der Waals surface area contributed by atoms with Gasteiger partial charge in [-0.05, 0) is 35.2 Å². The highest BCUT2D eigenvalue weighted by Crippen LogP contribution is 2.23. The van der Waals surface area contributed by atoms with E-state index in [4.69, 9.17) is 0 Å². The molecular formula is C17H18N4O2S2. The number of nitrogens with one attached hydrogen (secondary N) is 2. The van der Waals surface area contributed by atoms with Crippen molar-refractivity contribution in [1.29, 1.82) is 0 Å². The van der Waals surface area contributed by atoms with Crippen molar-refractivity contribution in [2.75, 3.05) is 5.32 Å². The lowest BCUT2D eigenvalue weighted by Gasteiger charge is -2.19. The second-order valence-electron chi connectivity index (χ2n) is 5.98. The van der Waals surface area contributed by atoms with E-state index in [2.05, 4.69) is 20.6 Å². The van der Waals surface area contributed by atoms with Gasteiger partial charge in [-0.1, -0.05) is 13.8 Å². The van der Waals surface area contributed by atoms with Crippen LogP contribution in [0.15, 0.2) is 35.3 Å². The summed E-state index contributed by atoms with van der Waals surface area (Å²) >= 11 is 2.80. The fraction of sp³-hybridized carbons (Fsp3) is 0.294. The number of fused-ring (bicyclic) bond motifs is 1. The molecular weight excluding hydrogens is 356 g/mol. The molecule has 0 spiro atoms. The van der Waals surface area contributed by atoms with Crippen molar-refractivity contribution in [2.45, 2.75) is 26.3 Å². The van der Waals surface area contributed by atoms with Crippen molar-refractivity contribution < 1.29 is 9.59 Å². The van der Waals surface area contributed by atoms with Crippen LogP contribution in [0.5, 0.6) is 0 Å². The minimum atomic E-state index is -0.645. The standard InChI is InChI=1S/C17H18N4O2S2/c1-10(2)9-12(15(22)21-17-19-6-8-25-17)20-16(23)13-14-11(3-5-18-13)4-7-24-14/h3-8,10,12H,9H2,1-2H3,(H,20,23)(H,19,21,22). The van der Waals surface area contributed by atoms with Crippen molar-refractivity contribution >= 4 is 49.7 Å². The minimum absolute atomic E-state index is 0.248. The molecule has 0 saturated carbocycles. The van der Waals surface area contributed by atoms with E-state index in [9.17, 15) is 9.59 Å². The molecule has 0 aliphatic rings. The Morgan fingerprint density at radius 2 is 1.96 bits per heavy atom. The lowest BCUT2D eigenvalue weighted by molar-refractivity contribution is -0.118. The molecule has 3 heterocycles. The largest absolute Gasteiger partial charge is 0.339 e. The summed E-state index contributed by atoms with van der Waals surface area (Å²) in [6.07, 6.45) is 3.76. The molecule has 6 nitrogen and oxygen atoms in total. The monoisotopic (exact) mass is 374 g/mol. The lowest BCUT2D eigenvalue weighted by Crippen LogP contribution is -2.44. The second kappa shape index (κ2) is 7.71. The molecule has 8 heteroatoms. The number of nitrogens with zero attached hydrogens (tertiary/aromatic N) is 2. The average molecular weight is 374 g/mol. The molecule has 0 aliphatic heterocycles. The first-order valence-electron chi connectivity index (χ1n) is 7.88. The zero-order chi connectivity index (χ0) is 17.8. The molecule has 0 bridgehead atoms. The molecule has 25 heavy (non-hydrogen) atoms. The van der Waals surface area contributed by atoms with E-state index >= 15 is 0 Å². The molecule has 3 aromatic heterocycles. The van der Waals surface area contributed by atoms with Crippen molar-refractivity contribution in [1.82, 2.24) is 15.3 Å². The number of rotatable bonds is 6. The summed E-state index contributed by atoms with van der Waals surface area (Å²) in [5.41, 5.74) is 0.350. The molecule has 0 radical (unpaired) electrons. The zero-order valence-corrected chi connectivity index (χ0v) is 15.5. The van der Waals surface area contributed by atoms with Crippen LogP contribution in [0.3, 0.4) is 0 Å². The first kappa shape index (κ1) is 17.5. The topological polar surface area (TPSA) is 84.0 Å². The van der Waals surface area contributed by atoms with Gasteiger partial charge in [0.1, 0.15) is 11.7 Å². The molecule has 0 aliphatic carbocycles. The fourth-order valence-corrected chi connectivity index (χ4v) is 3.87. The molecule has 0 fully saturated rings. The van der Waals surface area contributed by atoms with E-state index in [1.807, 2.05) is 31.4 Å². The first-order valence-corrected chi connectivity index (χ1v) is 9.64. The van der Waals surface area contributed by atoms with Crippen LogP contribution in [0.2, 0.25) is 0 Å². The van der Waals surface area contributed by atoms with Crippen molar-refractivity contribution in [3.8, 4) is 0 Å². The van der Waals surface area contributed by atoms with Gasteiger partial charge in [-0.25, -0.2) is 9.97 Å². The van der Waals surface area contributed by atoms with E-state index in [-0.39, 0.29) is 17.7 Å². The Balaban J connectivity index is 1.78.